The molecule has 18 heavy (non-hydrogen) atoms. The molecular weight excluding hydrogens is 316 g/mol. The van der Waals surface area contributed by atoms with E-state index in [1.165, 1.54) is 6.20 Å². The first-order valence-electron chi connectivity index (χ1n) is 6.14. The lowest BCUT2D eigenvalue weighted by molar-refractivity contribution is 0.369. The van der Waals surface area contributed by atoms with Gasteiger partial charge in [0.25, 0.3) is 0 Å². The van der Waals surface area contributed by atoms with Gasteiger partial charge in [-0.25, -0.2) is 8.42 Å². The van der Waals surface area contributed by atoms with Gasteiger partial charge in [-0.05, 0) is 37.8 Å². The summed E-state index contributed by atoms with van der Waals surface area (Å²) in [6, 6.07) is 3.42. The molecule has 0 bridgehead atoms. The fourth-order valence-corrected chi connectivity index (χ4v) is 4.37. The summed E-state index contributed by atoms with van der Waals surface area (Å²) in [6.45, 7) is 0.629. The van der Waals surface area contributed by atoms with Crippen LogP contribution in [0.5, 0.6) is 0 Å². The summed E-state index contributed by atoms with van der Waals surface area (Å²) in [5, 5.41) is 0.921. The van der Waals surface area contributed by atoms with Crippen LogP contribution >= 0.6 is 15.9 Å². The Morgan fingerprint density at radius 2 is 2.33 bits per heavy atom. The standard InChI is InChI=1S/C12H17BrN2O2S/c13-7-1-4-11-5-3-9-15(11)18(16,17)12-6-2-8-14-10-12/h2,6,8,10-11H,1,3-5,7,9H2. The van der Waals surface area contributed by atoms with E-state index in [9.17, 15) is 8.42 Å². The van der Waals surface area contributed by atoms with Crippen LogP contribution < -0.4 is 0 Å². The van der Waals surface area contributed by atoms with Crippen molar-refractivity contribution in [3.8, 4) is 0 Å². The van der Waals surface area contributed by atoms with E-state index >= 15 is 0 Å². The minimum absolute atomic E-state index is 0.146. The molecule has 1 unspecified atom stereocenters. The van der Waals surface area contributed by atoms with Crippen LogP contribution in [0.4, 0.5) is 0 Å². The van der Waals surface area contributed by atoms with E-state index in [1.54, 1.807) is 22.6 Å². The lowest BCUT2D eigenvalue weighted by atomic mass is 10.1. The molecule has 4 nitrogen and oxygen atoms in total. The number of rotatable bonds is 5. The van der Waals surface area contributed by atoms with Gasteiger partial charge in [-0.1, -0.05) is 15.9 Å². The van der Waals surface area contributed by atoms with Crippen molar-refractivity contribution in [1.29, 1.82) is 0 Å². The van der Waals surface area contributed by atoms with Crippen LogP contribution in [-0.4, -0.2) is 35.6 Å². The second-order valence-electron chi connectivity index (χ2n) is 4.43. The van der Waals surface area contributed by atoms with Crippen molar-refractivity contribution in [3.05, 3.63) is 24.5 Å². The number of pyridine rings is 1. The molecule has 6 heteroatoms. The summed E-state index contributed by atoms with van der Waals surface area (Å²) in [4.78, 5) is 4.20. The fraction of sp³-hybridized carbons (Fsp3) is 0.583. The van der Waals surface area contributed by atoms with Gasteiger partial charge < -0.3 is 0 Å². The van der Waals surface area contributed by atoms with E-state index in [0.29, 0.717) is 11.4 Å². The lowest BCUT2D eigenvalue weighted by Gasteiger charge is -2.23. The Kier molecular flexibility index (Phi) is 4.75. The first-order valence-corrected chi connectivity index (χ1v) is 8.70. The highest BCUT2D eigenvalue weighted by Gasteiger charge is 2.34. The van der Waals surface area contributed by atoms with E-state index in [0.717, 1.165) is 31.0 Å². The number of hydrogen-bond acceptors (Lipinski definition) is 3. The van der Waals surface area contributed by atoms with Crippen molar-refractivity contribution < 1.29 is 8.42 Å². The van der Waals surface area contributed by atoms with Gasteiger partial charge in [-0.2, -0.15) is 4.31 Å². The topological polar surface area (TPSA) is 50.3 Å². The van der Waals surface area contributed by atoms with Crippen molar-refractivity contribution in [2.45, 2.75) is 36.6 Å². The van der Waals surface area contributed by atoms with E-state index < -0.39 is 10.0 Å². The number of halogens is 1. The van der Waals surface area contributed by atoms with Crippen LogP contribution in [0.25, 0.3) is 0 Å². The third kappa shape index (κ3) is 2.92. The smallest absolute Gasteiger partial charge is 0.244 e. The van der Waals surface area contributed by atoms with Crippen LogP contribution in [0.2, 0.25) is 0 Å². The van der Waals surface area contributed by atoms with Gasteiger partial charge in [-0.15, -0.1) is 0 Å². The second kappa shape index (κ2) is 6.12. The maximum Gasteiger partial charge on any atom is 0.244 e. The molecular formula is C12H17BrN2O2S. The average Bonchev–Trinajstić information content (AvgIpc) is 2.86. The van der Waals surface area contributed by atoms with Crippen LogP contribution in [0.1, 0.15) is 25.7 Å². The highest BCUT2D eigenvalue weighted by molar-refractivity contribution is 9.09. The molecule has 1 atom stereocenters. The van der Waals surface area contributed by atoms with Gasteiger partial charge in [0.05, 0.1) is 0 Å². The number of aromatic nitrogens is 1. The SMILES string of the molecule is O=S(=O)(c1cccnc1)N1CCCC1CCCBr. The number of sulfonamides is 1. The molecule has 0 spiro atoms. The average molecular weight is 333 g/mol. The fourth-order valence-electron chi connectivity index (χ4n) is 2.36. The Labute approximate surface area is 117 Å². The molecule has 0 aromatic carbocycles. The quantitative estimate of drug-likeness (QED) is 0.778. The van der Waals surface area contributed by atoms with Gasteiger partial charge in [0.15, 0.2) is 0 Å². The van der Waals surface area contributed by atoms with Crippen molar-refractivity contribution >= 4 is 26.0 Å². The number of nitrogens with zero attached hydrogens (tertiary/aromatic N) is 2. The third-order valence-corrected chi connectivity index (χ3v) is 5.73. The van der Waals surface area contributed by atoms with E-state index in [-0.39, 0.29) is 6.04 Å². The Morgan fingerprint density at radius 1 is 1.50 bits per heavy atom. The van der Waals surface area contributed by atoms with Gasteiger partial charge in [0, 0.05) is 30.3 Å². The molecule has 1 aliphatic rings. The Morgan fingerprint density at radius 3 is 3.00 bits per heavy atom. The van der Waals surface area contributed by atoms with Crippen LogP contribution in [0.3, 0.4) is 0 Å². The highest BCUT2D eigenvalue weighted by atomic mass is 79.9. The van der Waals surface area contributed by atoms with Crippen LogP contribution in [0.15, 0.2) is 29.4 Å². The van der Waals surface area contributed by atoms with Gasteiger partial charge in [-0.3, -0.25) is 4.98 Å². The molecule has 0 N–H and O–H groups in total. The van der Waals surface area contributed by atoms with E-state index in [2.05, 4.69) is 20.9 Å². The maximum absolute atomic E-state index is 12.5. The van der Waals surface area contributed by atoms with E-state index in [4.69, 9.17) is 0 Å². The molecule has 1 aromatic rings. The third-order valence-electron chi connectivity index (χ3n) is 3.24. The normalized spacial score (nSPS) is 21.3. The van der Waals surface area contributed by atoms with E-state index in [1.807, 2.05) is 0 Å². The Bertz CT molecular complexity index is 478. The number of hydrogen-bond donors (Lipinski definition) is 0. The summed E-state index contributed by atoms with van der Waals surface area (Å²) >= 11 is 3.39. The zero-order valence-corrected chi connectivity index (χ0v) is 12.5. The minimum Gasteiger partial charge on any atom is -0.263 e. The van der Waals surface area contributed by atoms with Gasteiger partial charge in [0.2, 0.25) is 10.0 Å². The monoisotopic (exact) mass is 332 g/mol. The first-order chi connectivity index (χ1) is 8.66. The van der Waals surface area contributed by atoms with Crippen molar-refractivity contribution in [3.63, 3.8) is 0 Å². The molecule has 1 aromatic heterocycles. The predicted octanol–water partition coefficient (Wildman–Crippen LogP) is 2.41. The molecule has 1 saturated heterocycles. The molecule has 0 aliphatic carbocycles. The van der Waals surface area contributed by atoms with Gasteiger partial charge in [0.1, 0.15) is 4.90 Å². The molecule has 0 radical (unpaired) electrons. The van der Waals surface area contributed by atoms with Gasteiger partial charge >= 0.3 is 0 Å². The second-order valence-corrected chi connectivity index (χ2v) is 7.12. The molecule has 0 saturated carbocycles. The summed E-state index contributed by atoms with van der Waals surface area (Å²) < 4.78 is 26.6. The predicted molar refractivity (Wildman–Crippen MR) is 74.2 cm³/mol. The van der Waals surface area contributed by atoms with Crippen LogP contribution in [0, 0.1) is 0 Å². The minimum atomic E-state index is -3.36. The molecule has 0 amide bonds. The molecule has 1 aliphatic heterocycles. The van der Waals surface area contributed by atoms with Crippen molar-refractivity contribution in [1.82, 2.24) is 9.29 Å². The van der Waals surface area contributed by atoms with Crippen LogP contribution in [-0.2, 0) is 10.0 Å². The molecule has 2 rings (SSSR count). The summed E-state index contributed by atoms with van der Waals surface area (Å²) in [7, 11) is -3.36. The largest absolute Gasteiger partial charge is 0.263 e. The molecule has 100 valence electrons. The maximum atomic E-state index is 12.5. The first kappa shape index (κ1) is 14.0. The summed E-state index contributed by atoms with van der Waals surface area (Å²) in [5.41, 5.74) is 0. The summed E-state index contributed by atoms with van der Waals surface area (Å²) in [6.07, 6.45) is 6.86. The zero-order chi connectivity index (χ0) is 13.0. The van der Waals surface area contributed by atoms with Crippen molar-refractivity contribution in [2.75, 3.05) is 11.9 Å². The summed E-state index contributed by atoms with van der Waals surface area (Å²) in [5.74, 6) is 0. The van der Waals surface area contributed by atoms with Crippen molar-refractivity contribution in [2.24, 2.45) is 0 Å². The Hall–Kier alpha value is -0.460. The lowest BCUT2D eigenvalue weighted by Crippen LogP contribution is -2.35. The Balaban J connectivity index is 2.19. The molecule has 1 fully saturated rings. The highest BCUT2D eigenvalue weighted by Crippen LogP contribution is 2.28. The molecule has 2 heterocycles. The zero-order valence-electron chi connectivity index (χ0n) is 10.1. The number of alkyl halides is 1.